The van der Waals surface area contributed by atoms with E-state index in [2.05, 4.69) is 30.3 Å². The highest BCUT2D eigenvalue weighted by Gasteiger charge is 2.10. The van der Waals surface area contributed by atoms with Crippen molar-refractivity contribution in [1.29, 1.82) is 0 Å². The summed E-state index contributed by atoms with van der Waals surface area (Å²) in [7, 11) is 0. The van der Waals surface area contributed by atoms with Gasteiger partial charge in [-0.15, -0.1) is 0 Å². The molecule has 3 N–H and O–H groups in total. The molecule has 0 aliphatic carbocycles. The fourth-order valence-electron chi connectivity index (χ4n) is 1.87. The van der Waals surface area contributed by atoms with Gasteiger partial charge in [0.2, 0.25) is 5.88 Å². The van der Waals surface area contributed by atoms with Crippen LogP contribution in [0.25, 0.3) is 0 Å². The van der Waals surface area contributed by atoms with Crippen LogP contribution < -0.4 is 16.0 Å². The van der Waals surface area contributed by atoms with Crippen molar-refractivity contribution in [3.63, 3.8) is 0 Å². The average molecular weight is 257 g/mol. The van der Waals surface area contributed by atoms with Crippen molar-refractivity contribution in [1.82, 2.24) is 4.98 Å². The Hall–Kier alpha value is -2.07. The second kappa shape index (κ2) is 6.20. The zero-order valence-electron chi connectivity index (χ0n) is 11.3. The highest BCUT2D eigenvalue weighted by molar-refractivity contribution is 5.41. The number of para-hydroxylation sites is 1. The van der Waals surface area contributed by atoms with Crippen molar-refractivity contribution in [2.24, 2.45) is 5.84 Å². The third-order valence-electron chi connectivity index (χ3n) is 3.15. The molecule has 1 heterocycles. The van der Waals surface area contributed by atoms with E-state index in [-0.39, 0.29) is 0 Å². The second-order valence-corrected chi connectivity index (χ2v) is 4.45. The molecule has 1 aromatic carbocycles. The van der Waals surface area contributed by atoms with Gasteiger partial charge in [-0.3, -0.25) is 0 Å². The van der Waals surface area contributed by atoms with E-state index < -0.39 is 0 Å². The number of benzene rings is 1. The molecule has 0 spiro atoms. The molecule has 1 unspecified atom stereocenters. The molecule has 100 valence electrons. The number of hydrogen-bond donors (Lipinski definition) is 2. The van der Waals surface area contributed by atoms with Gasteiger partial charge in [0.1, 0.15) is 11.6 Å². The maximum absolute atomic E-state index is 5.87. The first-order valence-electron chi connectivity index (χ1n) is 6.45. The number of rotatable bonds is 5. The summed E-state index contributed by atoms with van der Waals surface area (Å²) in [5.41, 5.74) is 3.70. The van der Waals surface area contributed by atoms with Gasteiger partial charge in [0, 0.05) is 6.07 Å². The van der Waals surface area contributed by atoms with E-state index >= 15 is 0 Å². The zero-order valence-corrected chi connectivity index (χ0v) is 11.3. The van der Waals surface area contributed by atoms with E-state index in [0.29, 0.717) is 17.6 Å². The van der Waals surface area contributed by atoms with Gasteiger partial charge >= 0.3 is 0 Å². The number of nitrogen functional groups attached to an aromatic ring is 1. The maximum atomic E-state index is 5.87. The summed E-state index contributed by atoms with van der Waals surface area (Å²) < 4.78 is 5.87. The standard InChI is InChI=1S/C15H19N3O/c1-3-11(2)12-7-4-5-8-13(12)19-15-10-6-9-14(17-15)18-16/h4-11H,3,16H2,1-2H3,(H,17,18). The Morgan fingerprint density at radius 3 is 2.74 bits per heavy atom. The molecule has 0 bridgehead atoms. The number of hydrogen-bond acceptors (Lipinski definition) is 4. The normalized spacial score (nSPS) is 11.9. The summed E-state index contributed by atoms with van der Waals surface area (Å²) >= 11 is 0. The van der Waals surface area contributed by atoms with Gasteiger partial charge in [0.25, 0.3) is 0 Å². The molecule has 0 aliphatic rings. The van der Waals surface area contributed by atoms with Crippen molar-refractivity contribution in [3.8, 4) is 11.6 Å². The van der Waals surface area contributed by atoms with E-state index in [4.69, 9.17) is 10.6 Å². The summed E-state index contributed by atoms with van der Waals surface area (Å²) in [6.45, 7) is 4.35. The van der Waals surface area contributed by atoms with Crippen LogP contribution in [0.1, 0.15) is 31.7 Å². The fraction of sp³-hybridized carbons (Fsp3) is 0.267. The molecule has 0 amide bonds. The largest absolute Gasteiger partial charge is 0.439 e. The van der Waals surface area contributed by atoms with Gasteiger partial charge in [-0.25, -0.2) is 5.84 Å². The summed E-state index contributed by atoms with van der Waals surface area (Å²) in [5.74, 6) is 7.76. The number of anilines is 1. The van der Waals surface area contributed by atoms with E-state index in [0.717, 1.165) is 12.2 Å². The molecule has 1 aromatic heterocycles. The molecule has 0 fully saturated rings. The van der Waals surface area contributed by atoms with E-state index in [1.807, 2.05) is 30.3 Å². The third-order valence-corrected chi connectivity index (χ3v) is 3.15. The van der Waals surface area contributed by atoms with E-state index in [1.54, 1.807) is 6.07 Å². The Kier molecular flexibility index (Phi) is 4.36. The van der Waals surface area contributed by atoms with Crippen LogP contribution >= 0.6 is 0 Å². The number of nitrogens with zero attached hydrogens (tertiary/aromatic N) is 1. The molecule has 4 heteroatoms. The molecule has 0 saturated heterocycles. The van der Waals surface area contributed by atoms with Gasteiger partial charge in [-0.1, -0.05) is 38.1 Å². The van der Waals surface area contributed by atoms with Gasteiger partial charge in [-0.05, 0) is 30.0 Å². The van der Waals surface area contributed by atoms with Crippen LogP contribution in [0.3, 0.4) is 0 Å². The number of pyridine rings is 1. The molecule has 2 aromatic rings. The van der Waals surface area contributed by atoms with Crippen LogP contribution in [0.4, 0.5) is 5.82 Å². The van der Waals surface area contributed by atoms with Crippen molar-refractivity contribution < 1.29 is 4.74 Å². The lowest BCUT2D eigenvalue weighted by Crippen LogP contribution is -2.08. The minimum absolute atomic E-state index is 0.451. The quantitative estimate of drug-likeness (QED) is 0.633. The van der Waals surface area contributed by atoms with Gasteiger partial charge < -0.3 is 10.2 Å². The highest BCUT2D eigenvalue weighted by Crippen LogP contribution is 2.31. The molecular formula is C15H19N3O. The summed E-state index contributed by atoms with van der Waals surface area (Å²) in [6, 6.07) is 13.5. The summed E-state index contributed by atoms with van der Waals surface area (Å²) in [5, 5.41) is 0. The van der Waals surface area contributed by atoms with Crippen LogP contribution in [0.5, 0.6) is 11.6 Å². The van der Waals surface area contributed by atoms with Crippen molar-refractivity contribution in [3.05, 3.63) is 48.0 Å². The second-order valence-electron chi connectivity index (χ2n) is 4.45. The van der Waals surface area contributed by atoms with Crippen LogP contribution in [0.2, 0.25) is 0 Å². The SMILES string of the molecule is CCC(C)c1ccccc1Oc1cccc(NN)n1. The van der Waals surface area contributed by atoms with Gasteiger partial charge in [0.05, 0.1) is 0 Å². The number of aromatic nitrogens is 1. The molecule has 2 rings (SSSR count). The molecule has 4 nitrogen and oxygen atoms in total. The van der Waals surface area contributed by atoms with Crippen LogP contribution in [0, 0.1) is 0 Å². The Morgan fingerprint density at radius 1 is 1.21 bits per heavy atom. The lowest BCUT2D eigenvalue weighted by molar-refractivity contribution is 0.453. The first kappa shape index (κ1) is 13.4. The Balaban J connectivity index is 2.27. The molecule has 0 radical (unpaired) electrons. The minimum Gasteiger partial charge on any atom is -0.439 e. The molecular weight excluding hydrogens is 238 g/mol. The monoisotopic (exact) mass is 257 g/mol. The van der Waals surface area contributed by atoms with Gasteiger partial charge in [-0.2, -0.15) is 4.98 Å². The summed E-state index contributed by atoms with van der Waals surface area (Å²) in [6.07, 6.45) is 1.07. The van der Waals surface area contributed by atoms with Crippen LogP contribution in [-0.4, -0.2) is 4.98 Å². The number of ether oxygens (including phenoxy) is 1. The summed E-state index contributed by atoms with van der Waals surface area (Å²) in [4.78, 5) is 4.25. The van der Waals surface area contributed by atoms with Crippen LogP contribution in [-0.2, 0) is 0 Å². The fourth-order valence-corrected chi connectivity index (χ4v) is 1.87. The zero-order chi connectivity index (χ0) is 13.7. The number of nitrogens with one attached hydrogen (secondary N) is 1. The predicted octanol–water partition coefficient (Wildman–Crippen LogP) is 3.67. The van der Waals surface area contributed by atoms with Crippen LogP contribution in [0.15, 0.2) is 42.5 Å². The topological polar surface area (TPSA) is 60.2 Å². The molecule has 19 heavy (non-hydrogen) atoms. The Bertz CT molecular complexity index is 542. The first-order chi connectivity index (χ1) is 9.24. The average Bonchev–Trinajstić information content (AvgIpc) is 2.47. The lowest BCUT2D eigenvalue weighted by atomic mass is 9.98. The Morgan fingerprint density at radius 2 is 2.00 bits per heavy atom. The maximum Gasteiger partial charge on any atom is 0.221 e. The molecule has 0 aliphatic heterocycles. The number of nitrogens with two attached hydrogens (primary N) is 1. The van der Waals surface area contributed by atoms with E-state index in [1.165, 1.54) is 5.56 Å². The number of hydrazine groups is 1. The third kappa shape index (κ3) is 3.23. The Labute approximate surface area is 113 Å². The van der Waals surface area contributed by atoms with Gasteiger partial charge in [0.15, 0.2) is 0 Å². The minimum atomic E-state index is 0.451. The molecule has 0 saturated carbocycles. The first-order valence-corrected chi connectivity index (χ1v) is 6.45. The lowest BCUT2D eigenvalue weighted by Gasteiger charge is -2.15. The van der Waals surface area contributed by atoms with Crippen molar-refractivity contribution >= 4 is 5.82 Å². The molecule has 1 atom stereocenters. The highest BCUT2D eigenvalue weighted by atomic mass is 16.5. The van der Waals surface area contributed by atoms with E-state index in [9.17, 15) is 0 Å². The van der Waals surface area contributed by atoms with Crippen molar-refractivity contribution in [2.75, 3.05) is 5.43 Å². The predicted molar refractivity (Wildman–Crippen MR) is 77.3 cm³/mol. The van der Waals surface area contributed by atoms with Crippen molar-refractivity contribution in [2.45, 2.75) is 26.2 Å². The smallest absolute Gasteiger partial charge is 0.221 e.